The molecule has 0 saturated carbocycles. The van der Waals surface area contributed by atoms with Gasteiger partial charge in [0.2, 0.25) is 5.91 Å². The summed E-state index contributed by atoms with van der Waals surface area (Å²) in [5, 5.41) is 3.23. The van der Waals surface area contributed by atoms with Crippen molar-refractivity contribution in [2.24, 2.45) is 0 Å². The number of nitrogens with zero attached hydrogens (tertiary/aromatic N) is 2. The summed E-state index contributed by atoms with van der Waals surface area (Å²) in [7, 11) is 0. The molecule has 3 aromatic rings. The van der Waals surface area contributed by atoms with Crippen LogP contribution in [-0.2, 0) is 4.79 Å². The summed E-state index contributed by atoms with van der Waals surface area (Å²) in [5.74, 6) is 1.34. The van der Waals surface area contributed by atoms with E-state index >= 15 is 0 Å². The highest BCUT2D eigenvalue weighted by Gasteiger charge is 2.14. The maximum Gasteiger partial charge on any atom is 0.258 e. The van der Waals surface area contributed by atoms with Crippen LogP contribution in [-0.4, -0.2) is 34.8 Å². The second-order valence-electron chi connectivity index (χ2n) is 5.00. The van der Waals surface area contributed by atoms with Crippen molar-refractivity contribution in [1.82, 2.24) is 9.97 Å². The number of thioether (sulfide) groups is 1. The molecule has 0 saturated heterocycles. The third-order valence-corrected chi connectivity index (χ3v) is 4.13. The molecule has 1 N–H and O–H groups in total. The average molecular weight is 343 g/mol. The van der Waals surface area contributed by atoms with Gasteiger partial charge in [-0.05, 0) is 24.3 Å². The smallest absolute Gasteiger partial charge is 0.258 e. The van der Waals surface area contributed by atoms with Gasteiger partial charge in [0, 0.05) is 18.0 Å². The number of oxazole rings is 1. The van der Waals surface area contributed by atoms with Gasteiger partial charge in [-0.3, -0.25) is 4.79 Å². The van der Waals surface area contributed by atoms with Crippen molar-refractivity contribution >= 4 is 34.6 Å². The minimum Gasteiger partial charge on any atom is -0.486 e. The molecule has 8 heteroatoms. The summed E-state index contributed by atoms with van der Waals surface area (Å²) >= 11 is 1.22. The fourth-order valence-corrected chi connectivity index (χ4v) is 2.88. The Kier molecular flexibility index (Phi) is 3.96. The zero-order chi connectivity index (χ0) is 16.4. The maximum absolute atomic E-state index is 12.1. The van der Waals surface area contributed by atoms with Crippen LogP contribution in [0.1, 0.15) is 0 Å². The highest BCUT2D eigenvalue weighted by molar-refractivity contribution is 7.99. The molecular weight excluding hydrogens is 330 g/mol. The first-order valence-electron chi connectivity index (χ1n) is 7.32. The number of ether oxygens (including phenoxy) is 2. The van der Waals surface area contributed by atoms with Crippen molar-refractivity contribution in [3.05, 3.63) is 36.5 Å². The van der Waals surface area contributed by atoms with Crippen LogP contribution in [0.3, 0.4) is 0 Å². The lowest BCUT2D eigenvalue weighted by Crippen LogP contribution is -2.17. The Balaban J connectivity index is 1.38. The number of pyridine rings is 1. The Morgan fingerprint density at radius 1 is 1.21 bits per heavy atom. The molecule has 0 aliphatic carbocycles. The molecule has 3 heterocycles. The molecule has 4 rings (SSSR count). The summed E-state index contributed by atoms with van der Waals surface area (Å²) < 4.78 is 16.5. The Bertz CT molecular complexity index is 863. The SMILES string of the molecule is O=C(CSc1nc2ncccc2o1)Nc1ccc2c(c1)OCCO2. The van der Waals surface area contributed by atoms with E-state index in [0.29, 0.717) is 46.9 Å². The lowest BCUT2D eigenvalue weighted by molar-refractivity contribution is -0.113. The second kappa shape index (κ2) is 6.40. The normalized spacial score (nSPS) is 13.0. The number of carbonyl (C=O) groups excluding carboxylic acids is 1. The van der Waals surface area contributed by atoms with E-state index in [4.69, 9.17) is 13.9 Å². The Hall–Kier alpha value is -2.74. The number of hydrogen-bond acceptors (Lipinski definition) is 7. The molecule has 0 atom stereocenters. The number of fused-ring (bicyclic) bond motifs is 2. The van der Waals surface area contributed by atoms with Crippen molar-refractivity contribution < 1.29 is 18.7 Å². The van der Waals surface area contributed by atoms with Crippen molar-refractivity contribution in [2.75, 3.05) is 24.3 Å². The molecular formula is C16H13N3O4S. The fraction of sp³-hybridized carbons (Fsp3) is 0.188. The monoisotopic (exact) mass is 343 g/mol. The van der Waals surface area contributed by atoms with Gasteiger partial charge in [0.05, 0.1) is 5.75 Å². The van der Waals surface area contributed by atoms with E-state index in [-0.39, 0.29) is 11.7 Å². The van der Waals surface area contributed by atoms with Crippen LogP contribution >= 0.6 is 11.8 Å². The number of amides is 1. The zero-order valence-electron chi connectivity index (χ0n) is 12.5. The third kappa shape index (κ3) is 3.13. The maximum atomic E-state index is 12.1. The topological polar surface area (TPSA) is 86.5 Å². The molecule has 7 nitrogen and oxygen atoms in total. The van der Waals surface area contributed by atoms with E-state index in [0.717, 1.165) is 0 Å². The minimum absolute atomic E-state index is 0.160. The highest BCUT2D eigenvalue weighted by Crippen LogP contribution is 2.32. The molecule has 0 spiro atoms. The number of hydrogen-bond donors (Lipinski definition) is 1. The quantitative estimate of drug-likeness (QED) is 0.729. The standard InChI is InChI=1S/C16H13N3O4S/c20-14(9-24-16-19-15-12(23-16)2-1-5-17-15)18-10-3-4-11-13(8-10)22-7-6-21-11/h1-5,8H,6-7,9H2,(H,18,20). The van der Waals surface area contributed by atoms with Gasteiger partial charge >= 0.3 is 0 Å². The predicted octanol–water partition coefficient (Wildman–Crippen LogP) is 2.72. The van der Waals surface area contributed by atoms with Gasteiger partial charge in [0.15, 0.2) is 22.7 Å². The van der Waals surface area contributed by atoms with Gasteiger partial charge < -0.3 is 19.2 Å². The van der Waals surface area contributed by atoms with Gasteiger partial charge in [0.25, 0.3) is 5.22 Å². The van der Waals surface area contributed by atoms with Gasteiger partial charge in [-0.2, -0.15) is 4.98 Å². The lowest BCUT2D eigenvalue weighted by Gasteiger charge is -2.18. The molecule has 1 amide bonds. The summed E-state index contributed by atoms with van der Waals surface area (Å²) in [5.41, 5.74) is 1.79. The van der Waals surface area contributed by atoms with Crippen molar-refractivity contribution in [3.8, 4) is 11.5 Å². The molecule has 24 heavy (non-hydrogen) atoms. The Morgan fingerprint density at radius 2 is 2.08 bits per heavy atom. The fourth-order valence-electron chi connectivity index (χ4n) is 2.26. The molecule has 0 unspecified atom stereocenters. The third-order valence-electron chi connectivity index (χ3n) is 3.30. The number of anilines is 1. The molecule has 122 valence electrons. The van der Waals surface area contributed by atoms with E-state index in [1.807, 2.05) is 0 Å². The number of carbonyl (C=O) groups is 1. The van der Waals surface area contributed by atoms with E-state index in [9.17, 15) is 4.79 Å². The largest absolute Gasteiger partial charge is 0.486 e. The predicted molar refractivity (Wildman–Crippen MR) is 88.6 cm³/mol. The molecule has 1 aliphatic rings. The molecule has 2 aromatic heterocycles. The van der Waals surface area contributed by atoms with Gasteiger partial charge in [-0.25, -0.2) is 4.98 Å². The average Bonchev–Trinajstić information content (AvgIpc) is 3.03. The second-order valence-corrected chi connectivity index (χ2v) is 5.93. The summed E-state index contributed by atoms with van der Waals surface area (Å²) in [4.78, 5) is 20.4. The lowest BCUT2D eigenvalue weighted by atomic mass is 10.2. The zero-order valence-corrected chi connectivity index (χ0v) is 13.3. The molecule has 0 bridgehead atoms. The van der Waals surface area contributed by atoms with Gasteiger partial charge in [-0.1, -0.05) is 11.8 Å². The summed E-state index contributed by atoms with van der Waals surface area (Å²) in [6.45, 7) is 1.04. The molecule has 1 aromatic carbocycles. The molecule has 0 fully saturated rings. The van der Waals surface area contributed by atoms with Gasteiger partial charge in [-0.15, -0.1) is 0 Å². The van der Waals surface area contributed by atoms with Crippen molar-refractivity contribution in [2.45, 2.75) is 5.22 Å². The molecule has 0 radical (unpaired) electrons. The van der Waals surface area contributed by atoms with Crippen LogP contribution in [0.5, 0.6) is 11.5 Å². The first kappa shape index (κ1) is 14.8. The van der Waals surface area contributed by atoms with Crippen molar-refractivity contribution in [1.29, 1.82) is 0 Å². The van der Waals surface area contributed by atoms with Crippen molar-refractivity contribution in [3.63, 3.8) is 0 Å². The summed E-state index contributed by atoms with van der Waals surface area (Å²) in [6, 6.07) is 8.87. The van der Waals surface area contributed by atoms with Gasteiger partial charge in [0.1, 0.15) is 13.2 Å². The number of aromatic nitrogens is 2. The van der Waals surface area contributed by atoms with Crippen LogP contribution < -0.4 is 14.8 Å². The van der Waals surface area contributed by atoms with Crippen LogP contribution in [0, 0.1) is 0 Å². The van der Waals surface area contributed by atoms with E-state index in [1.165, 1.54) is 11.8 Å². The van der Waals surface area contributed by atoms with Crippen LogP contribution in [0.4, 0.5) is 5.69 Å². The first-order chi connectivity index (χ1) is 11.8. The highest BCUT2D eigenvalue weighted by atomic mass is 32.2. The van der Waals surface area contributed by atoms with Crippen LogP contribution in [0.15, 0.2) is 46.2 Å². The first-order valence-corrected chi connectivity index (χ1v) is 8.30. The Morgan fingerprint density at radius 3 is 2.96 bits per heavy atom. The number of benzene rings is 1. The van der Waals surface area contributed by atoms with E-state index in [1.54, 1.807) is 36.5 Å². The molecule has 1 aliphatic heterocycles. The minimum atomic E-state index is -0.160. The van der Waals surface area contributed by atoms with E-state index in [2.05, 4.69) is 15.3 Å². The summed E-state index contributed by atoms with van der Waals surface area (Å²) in [6.07, 6.45) is 1.65. The number of rotatable bonds is 4. The van der Waals surface area contributed by atoms with Crippen LogP contribution in [0.25, 0.3) is 11.2 Å². The van der Waals surface area contributed by atoms with E-state index < -0.39 is 0 Å². The number of nitrogens with one attached hydrogen (secondary N) is 1. The van der Waals surface area contributed by atoms with Crippen LogP contribution in [0.2, 0.25) is 0 Å². The Labute approximate surface area is 141 Å².